The zero-order valence-corrected chi connectivity index (χ0v) is 19.8. The van der Waals surface area contributed by atoms with Gasteiger partial charge in [0.1, 0.15) is 0 Å². The average molecular weight is 440 g/mol. The van der Waals surface area contributed by atoms with Crippen molar-refractivity contribution in [1.82, 2.24) is 0 Å². The van der Waals surface area contributed by atoms with Crippen LogP contribution in [-0.2, 0) is 5.41 Å². The molecular formula is C33H29N. The van der Waals surface area contributed by atoms with E-state index >= 15 is 0 Å². The van der Waals surface area contributed by atoms with Crippen LogP contribution in [0.2, 0.25) is 0 Å². The van der Waals surface area contributed by atoms with Gasteiger partial charge in [-0.2, -0.15) is 0 Å². The molecule has 2 aliphatic rings. The van der Waals surface area contributed by atoms with Gasteiger partial charge in [-0.3, -0.25) is 0 Å². The van der Waals surface area contributed by atoms with Gasteiger partial charge < -0.3 is 5.32 Å². The van der Waals surface area contributed by atoms with Crippen LogP contribution in [0.25, 0.3) is 11.1 Å². The van der Waals surface area contributed by atoms with E-state index in [9.17, 15) is 0 Å². The topological polar surface area (TPSA) is 12.0 Å². The van der Waals surface area contributed by atoms with Crippen LogP contribution in [0, 0.1) is 6.92 Å². The molecule has 6 rings (SSSR count). The molecule has 34 heavy (non-hydrogen) atoms. The van der Waals surface area contributed by atoms with Gasteiger partial charge >= 0.3 is 0 Å². The van der Waals surface area contributed by atoms with Crippen LogP contribution in [0.4, 0.5) is 5.69 Å². The standard InChI is InChI=1S/C33H29N/c1-23-10-7-12-25(20-23)33(31-18-5-3-16-29(31)30-17-4-6-19-32(30)33)26-13-9-15-28(22-26)34-27-14-8-11-24(2)21-27/h3-7,9-13,15-22,34H,8,14H2,1-2H3. The normalized spacial score (nSPS) is 15.7. The van der Waals surface area contributed by atoms with E-state index < -0.39 is 0 Å². The Bertz CT molecular complexity index is 1410. The van der Waals surface area contributed by atoms with Gasteiger partial charge in [-0.25, -0.2) is 0 Å². The molecule has 0 radical (unpaired) electrons. The lowest BCUT2D eigenvalue weighted by Crippen LogP contribution is -2.28. The maximum absolute atomic E-state index is 3.72. The lowest BCUT2D eigenvalue weighted by atomic mass is 9.67. The Kier molecular flexibility index (Phi) is 4.99. The summed E-state index contributed by atoms with van der Waals surface area (Å²) in [7, 11) is 0. The Labute approximate surface area is 202 Å². The third kappa shape index (κ3) is 3.23. The second kappa shape index (κ2) is 8.18. The minimum absolute atomic E-state index is 0.354. The van der Waals surface area contributed by atoms with E-state index in [0.717, 1.165) is 18.5 Å². The highest BCUT2D eigenvalue weighted by Gasteiger charge is 2.45. The maximum atomic E-state index is 3.72. The lowest BCUT2D eigenvalue weighted by Gasteiger charge is -2.34. The van der Waals surface area contributed by atoms with Gasteiger partial charge in [0.2, 0.25) is 0 Å². The number of aryl methyl sites for hydroxylation is 1. The quantitative estimate of drug-likeness (QED) is 0.296. The average Bonchev–Trinajstić information content (AvgIpc) is 3.16. The predicted octanol–water partition coefficient (Wildman–Crippen LogP) is 8.39. The molecule has 2 aliphatic carbocycles. The van der Waals surface area contributed by atoms with Crippen molar-refractivity contribution in [3.05, 3.63) is 148 Å². The minimum atomic E-state index is -0.354. The number of hydrogen-bond donors (Lipinski definition) is 1. The molecule has 166 valence electrons. The Morgan fingerprint density at radius 3 is 2.00 bits per heavy atom. The van der Waals surface area contributed by atoms with Crippen molar-refractivity contribution in [1.29, 1.82) is 0 Å². The molecule has 0 atom stereocenters. The molecule has 0 fully saturated rings. The lowest BCUT2D eigenvalue weighted by molar-refractivity contribution is 0.767. The molecular weight excluding hydrogens is 410 g/mol. The first kappa shape index (κ1) is 20.7. The van der Waals surface area contributed by atoms with Gasteiger partial charge in [0.25, 0.3) is 0 Å². The summed E-state index contributed by atoms with van der Waals surface area (Å²) in [6.45, 7) is 4.36. The maximum Gasteiger partial charge on any atom is 0.0714 e. The summed E-state index contributed by atoms with van der Waals surface area (Å²) in [6, 6.07) is 35.9. The summed E-state index contributed by atoms with van der Waals surface area (Å²) in [5.41, 5.74) is 12.7. The number of allylic oxidation sites excluding steroid dienone is 4. The summed E-state index contributed by atoms with van der Waals surface area (Å²) >= 11 is 0. The monoisotopic (exact) mass is 439 g/mol. The zero-order valence-electron chi connectivity index (χ0n) is 19.8. The smallest absolute Gasteiger partial charge is 0.0714 e. The summed E-state index contributed by atoms with van der Waals surface area (Å²) in [5, 5.41) is 3.72. The van der Waals surface area contributed by atoms with Crippen molar-refractivity contribution in [3.8, 4) is 11.1 Å². The van der Waals surface area contributed by atoms with Crippen LogP contribution in [0.5, 0.6) is 0 Å². The van der Waals surface area contributed by atoms with Crippen molar-refractivity contribution >= 4 is 5.69 Å². The first-order valence-corrected chi connectivity index (χ1v) is 12.2. The molecule has 1 N–H and O–H groups in total. The molecule has 0 unspecified atom stereocenters. The molecule has 4 aromatic carbocycles. The fraction of sp³-hybridized carbons (Fsp3) is 0.152. The molecule has 0 saturated heterocycles. The van der Waals surface area contributed by atoms with E-state index in [4.69, 9.17) is 0 Å². The number of rotatable bonds is 4. The highest BCUT2D eigenvalue weighted by molar-refractivity contribution is 5.86. The van der Waals surface area contributed by atoms with Crippen molar-refractivity contribution in [2.75, 3.05) is 5.32 Å². The van der Waals surface area contributed by atoms with Crippen molar-refractivity contribution < 1.29 is 0 Å². The summed E-state index contributed by atoms with van der Waals surface area (Å²) in [6.07, 6.45) is 6.72. The molecule has 0 saturated carbocycles. The summed E-state index contributed by atoms with van der Waals surface area (Å²) < 4.78 is 0. The van der Waals surface area contributed by atoms with E-state index in [2.05, 4.69) is 128 Å². The molecule has 0 spiro atoms. The molecule has 0 aromatic heterocycles. The number of nitrogens with one attached hydrogen (secondary N) is 1. The fourth-order valence-electron chi connectivity index (χ4n) is 5.88. The molecule has 4 aromatic rings. The van der Waals surface area contributed by atoms with Crippen LogP contribution in [0.1, 0.15) is 47.6 Å². The highest BCUT2D eigenvalue weighted by atomic mass is 14.9. The zero-order chi connectivity index (χ0) is 23.1. The van der Waals surface area contributed by atoms with Crippen LogP contribution in [-0.4, -0.2) is 0 Å². The van der Waals surface area contributed by atoms with Gasteiger partial charge in [0, 0.05) is 11.4 Å². The van der Waals surface area contributed by atoms with Crippen molar-refractivity contribution in [2.24, 2.45) is 0 Å². The predicted molar refractivity (Wildman–Crippen MR) is 143 cm³/mol. The van der Waals surface area contributed by atoms with Gasteiger partial charge in [-0.05, 0) is 78.3 Å². The first-order chi connectivity index (χ1) is 16.7. The van der Waals surface area contributed by atoms with Crippen LogP contribution in [0.3, 0.4) is 0 Å². The van der Waals surface area contributed by atoms with E-state index in [0.29, 0.717) is 0 Å². The molecule has 1 nitrogen and oxygen atoms in total. The second-order valence-electron chi connectivity index (χ2n) is 9.57. The molecule has 0 bridgehead atoms. The first-order valence-electron chi connectivity index (χ1n) is 12.2. The third-order valence-electron chi connectivity index (χ3n) is 7.29. The Morgan fingerprint density at radius 2 is 1.32 bits per heavy atom. The van der Waals surface area contributed by atoms with Crippen LogP contribution < -0.4 is 5.32 Å². The van der Waals surface area contributed by atoms with E-state index in [1.807, 2.05) is 0 Å². The second-order valence-corrected chi connectivity index (χ2v) is 9.57. The molecule has 1 heteroatoms. The number of hydrogen-bond acceptors (Lipinski definition) is 1. The van der Waals surface area contributed by atoms with Crippen LogP contribution in [0.15, 0.2) is 120 Å². The molecule has 0 amide bonds. The Balaban J connectivity index is 1.60. The molecule has 0 aliphatic heterocycles. The van der Waals surface area contributed by atoms with E-state index in [-0.39, 0.29) is 5.41 Å². The van der Waals surface area contributed by atoms with Crippen molar-refractivity contribution in [3.63, 3.8) is 0 Å². The van der Waals surface area contributed by atoms with Gasteiger partial charge in [0.15, 0.2) is 0 Å². The van der Waals surface area contributed by atoms with Gasteiger partial charge in [0.05, 0.1) is 5.41 Å². The van der Waals surface area contributed by atoms with E-state index in [1.54, 1.807) is 0 Å². The number of fused-ring (bicyclic) bond motifs is 3. The largest absolute Gasteiger partial charge is 0.359 e. The summed E-state index contributed by atoms with van der Waals surface area (Å²) in [5.74, 6) is 0. The SMILES string of the molecule is CC1=CCCC(Nc2cccc(C3(c4cccc(C)c4)c4ccccc4-c4ccccc43)c2)=C1. The number of benzene rings is 4. The van der Waals surface area contributed by atoms with E-state index in [1.165, 1.54) is 50.2 Å². The fourth-order valence-corrected chi connectivity index (χ4v) is 5.88. The Hall–Kier alpha value is -3.84. The Morgan fingerprint density at radius 1 is 0.676 bits per heavy atom. The van der Waals surface area contributed by atoms with Crippen molar-refractivity contribution in [2.45, 2.75) is 32.1 Å². The number of anilines is 1. The van der Waals surface area contributed by atoms with Crippen LogP contribution >= 0.6 is 0 Å². The minimum Gasteiger partial charge on any atom is -0.359 e. The summed E-state index contributed by atoms with van der Waals surface area (Å²) in [4.78, 5) is 0. The third-order valence-corrected chi connectivity index (χ3v) is 7.29. The highest BCUT2D eigenvalue weighted by Crippen LogP contribution is 2.56. The van der Waals surface area contributed by atoms with Gasteiger partial charge in [-0.1, -0.05) is 102 Å². The molecule has 0 heterocycles. The van der Waals surface area contributed by atoms with Gasteiger partial charge in [-0.15, -0.1) is 0 Å².